The van der Waals surface area contributed by atoms with Crippen molar-refractivity contribution in [2.24, 2.45) is 0 Å². The Labute approximate surface area is 212 Å². The second kappa shape index (κ2) is 11.6. The molecule has 0 heterocycles. The highest BCUT2D eigenvalue weighted by Gasteiger charge is 2.14. The Morgan fingerprint density at radius 3 is 2.06 bits per heavy atom. The summed E-state index contributed by atoms with van der Waals surface area (Å²) in [5.41, 5.74) is 4.22. The molecule has 4 aromatic rings. The number of amides is 1. The molecule has 0 bridgehead atoms. The zero-order valence-corrected chi connectivity index (χ0v) is 20.8. The van der Waals surface area contributed by atoms with Gasteiger partial charge in [-0.1, -0.05) is 60.2 Å². The van der Waals surface area contributed by atoms with Crippen LogP contribution in [0.2, 0.25) is 0 Å². The number of carbonyl (C=O) groups is 1. The lowest BCUT2D eigenvalue weighted by Gasteiger charge is -2.10. The quantitative estimate of drug-likeness (QED) is 0.282. The number of hydrogen-bond donors (Lipinski definition) is 2. The first kappa shape index (κ1) is 25.0. The summed E-state index contributed by atoms with van der Waals surface area (Å²) in [6.45, 7) is 2.42. The topological polar surface area (TPSA) is 84.5 Å². The first-order valence-corrected chi connectivity index (χ1v) is 13.1. The fourth-order valence-corrected chi connectivity index (χ4v) is 4.59. The van der Waals surface area contributed by atoms with E-state index in [2.05, 4.69) is 10.0 Å². The Kier molecular flexibility index (Phi) is 8.02. The van der Waals surface area contributed by atoms with Crippen molar-refractivity contribution in [3.63, 3.8) is 0 Å². The predicted molar refractivity (Wildman–Crippen MR) is 143 cm³/mol. The molecule has 184 valence electrons. The smallest absolute Gasteiger partial charge is 0.261 e. The van der Waals surface area contributed by atoms with E-state index >= 15 is 0 Å². The highest BCUT2D eigenvalue weighted by atomic mass is 32.2. The van der Waals surface area contributed by atoms with Crippen LogP contribution < -0.4 is 14.8 Å². The van der Waals surface area contributed by atoms with Crippen molar-refractivity contribution in [2.45, 2.75) is 31.3 Å². The monoisotopic (exact) mass is 500 g/mol. The number of carbonyl (C=O) groups excluding carboxylic acids is 1. The van der Waals surface area contributed by atoms with E-state index in [4.69, 9.17) is 4.74 Å². The average Bonchev–Trinajstić information content (AvgIpc) is 2.89. The second-order valence-electron chi connectivity index (χ2n) is 8.46. The summed E-state index contributed by atoms with van der Waals surface area (Å²) in [5, 5.41) is 2.88. The Balaban J connectivity index is 1.25. The van der Waals surface area contributed by atoms with E-state index in [-0.39, 0.29) is 17.2 Å². The fraction of sp³-hybridized carbons (Fsp3) is 0.138. The van der Waals surface area contributed by atoms with Crippen molar-refractivity contribution in [1.82, 2.24) is 0 Å². The van der Waals surface area contributed by atoms with Gasteiger partial charge in [-0.05, 0) is 73.0 Å². The van der Waals surface area contributed by atoms with Crippen LogP contribution in [0.25, 0.3) is 0 Å². The Hall–Kier alpha value is -4.10. The van der Waals surface area contributed by atoms with Gasteiger partial charge in [0.2, 0.25) is 5.91 Å². The molecule has 0 aliphatic carbocycles. The van der Waals surface area contributed by atoms with Gasteiger partial charge in [-0.25, -0.2) is 8.42 Å². The van der Waals surface area contributed by atoms with E-state index < -0.39 is 10.0 Å². The first-order chi connectivity index (χ1) is 17.4. The molecule has 0 atom stereocenters. The zero-order chi connectivity index (χ0) is 25.4. The SMILES string of the molecule is Cc1ccc(NS(=O)(=O)c2ccc(CCC(=O)Nc3ccc(OCc4ccccc4)cc3)cc2)cc1. The zero-order valence-electron chi connectivity index (χ0n) is 20.0. The van der Waals surface area contributed by atoms with Crippen LogP contribution in [0.1, 0.15) is 23.1 Å². The van der Waals surface area contributed by atoms with Crippen molar-refractivity contribution < 1.29 is 17.9 Å². The van der Waals surface area contributed by atoms with Gasteiger partial charge in [-0.3, -0.25) is 9.52 Å². The lowest BCUT2D eigenvalue weighted by molar-refractivity contribution is -0.116. The van der Waals surface area contributed by atoms with E-state index in [1.54, 1.807) is 48.5 Å². The normalized spacial score (nSPS) is 11.0. The van der Waals surface area contributed by atoms with Gasteiger partial charge in [-0.15, -0.1) is 0 Å². The lowest BCUT2D eigenvalue weighted by Crippen LogP contribution is -2.13. The van der Waals surface area contributed by atoms with E-state index in [9.17, 15) is 13.2 Å². The van der Waals surface area contributed by atoms with Crippen molar-refractivity contribution in [3.05, 3.63) is 120 Å². The number of anilines is 2. The van der Waals surface area contributed by atoms with Gasteiger partial charge in [0.25, 0.3) is 10.0 Å². The highest BCUT2D eigenvalue weighted by Crippen LogP contribution is 2.19. The van der Waals surface area contributed by atoms with Crippen LogP contribution in [0.4, 0.5) is 11.4 Å². The maximum Gasteiger partial charge on any atom is 0.261 e. The minimum atomic E-state index is -3.68. The molecular weight excluding hydrogens is 472 g/mol. The van der Waals surface area contributed by atoms with Crippen LogP contribution in [0.5, 0.6) is 5.75 Å². The summed E-state index contributed by atoms with van der Waals surface area (Å²) >= 11 is 0. The largest absolute Gasteiger partial charge is 0.489 e. The number of rotatable bonds is 10. The van der Waals surface area contributed by atoms with Gasteiger partial charge in [0, 0.05) is 17.8 Å². The van der Waals surface area contributed by atoms with Crippen molar-refractivity contribution in [1.29, 1.82) is 0 Å². The fourth-order valence-electron chi connectivity index (χ4n) is 3.53. The summed E-state index contributed by atoms with van der Waals surface area (Å²) in [6.07, 6.45) is 0.774. The molecule has 0 fully saturated rings. The van der Waals surface area contributed by atoms with Gasteiger partial charge in [0.05, 0.1) is 4.90 Å². The lowest BCUT2D eigenvalue weighted by atomic mass is 10.1. The molecule has 0 unspecified atom stereocenters. The third-order valence-corrected chi connectivity index (χ3v) is 6.96. The molecule has 0 aliphatic heterocycles. The summed E-state index contributed by atoms with van der Waals surface area (Å²) in [5.74, 6) is 0.606. The number of sulfonamides is 1. The van der Waals surface area contributed by atoms with Gasteiger partial charge in [0.15, 0.2) is 0 Å². The van der Waals surface area contributed by atoms with Crippen LogP contribution in [-0.2, 0) is 27.8 Å². The van der Waals surface area contributed by atoms with E-state index in [0.29, 0.717) is 24.4 Å². The van der Waals surface area contributed by atoms with Crippen molar-refractivity contribution in [3.8, 4) is 5.75 Å². The molecule has 0 aliphatic rings. The number of ether oxygens (including phenoxy) is 1. The standard InChI is InChI=1S/C29H28N2O4S/c1-22-7-12-26(13-8-22)31-36(33,34)28-18-9-23(10-19-28)11-20-29(32)30-25-14-16-27(17-15-25)35-21-24-5-3-2-4-6-24/h2-10,12-19,31H,11,20-21H2,1H3,(H,30,32). The average molecular weight is 501 g/mol. The van der Waals surface area contributed by atoms with Crippen LogP contribution in [0.3, 0.4) is 0 Å². The summed E-state index contributed by atoms with van der Waals surface area (Å²) in [6, 6.07) is 30.9. The number of nitrogens with one attached hydrogen (secondary N) is 2. The minimum Gasteiger partial charge on any atom is -0.489 e. The second-order valence-corrected chi connectivity index (χ2v) is 10.1. The molecule has 0 saturated heterocycles. The van der Waals surface area contributed by atoms with Crippen LogP contribution >= 0.6 is 0 Å². The maximum absolute atomic E-state index is 12.6. The molecule has 0 radical (unpaired) electrons. The third kappa shape index (κ3) is 7.20. The molecule has 6 nitrogen and oxygen atoms in total. The Morgan fingerprint density at radius 2 is 1.39 bits per heavy atom. The summed E-state index contributed by atoms with van der Waals surface area (Å²) < 4.78 is 33.6. The molecule has 0 aromatic heterocycles. The highest BCUT2D eigenvalue weighted by molar-refractivity contribution is 7.92. The molecule has 2 N–H and O–H groups in total. The summed E-state index contributed by atoms with van der Waals surface area (Å²) in [7, 11) is -3.68. The van der Waals surface area contributed by atoms with Crippen LogP contribution in [-0.4, -0.2) is 14.3 Å². The Morgan fingerprint density at radius 1 is 0.750 bits per heavy atom. The van der Waals surface area contributed by atoms with Gasteiger partial charge in [0.1, 0.15) is 12.4 Å². The molecule has 4 rings (SSSR count). The predicted octanol–water partition coefficient (Wildman–Crippen LogP) is 5.95. The van der Waals surface area contributed by atoms with Crippen molar-refractivity contribution in [2.75, 3.05) is 10.0 Å². The molecule has 0 spiro atoms. The third-order valence-electron chi connectivity index (χ3n) is 5.56. The minimum absolute atomic E-state index is 0.120. The maximum atomic E-state index is 12.6. The molecule has 0 saturated carbocycles. The van der Waals surface area contributed by atoms with E-state index in [1.165, 1.54) is 0 Å². The summed E-state index contributed by atoms with van der Waals surface area (Å²) in [4.78, 5) is 12.6. The number of benzene rings is 4. The molecule has 7 heteroatoms. The van der Waals surface area contributed by atoms with Gasteiger partial charge >= 0.3 is 0 Å². The molecule has 4 aromatic carbocycles. The first-order valence-electron chi connectivity index (χ1n) is 11.6. The number of hydrogen-bond acceptors (Lipinski definition) is 4. The van der Waals surface area contributed by atoms with Crippen LogP contribution in [0, 0.1) is 6.92 Å². The molecule has 1 amide bonds. The van der Waals surface area contributed by atoms with Crippen molar-refractivity contribution >= 4 is 27.3 Å². The van der Waals surface area contributed by atoms with Gasteiger partial charge < -0.3 is 10.1 Å². The Bertz CT molecular complexity index is 1380. The van der Waals surface area contributed by atoms with E-state index in [0.717, 1.165) is 22.4 Å². The number of aryl methyl sites for hydroxylation is 2. The van der Waals surface area contributed by atoms with E-state index in [1.807, 2.05) is 61.5 Å². The van der Waals surface area contributed by atoms with Crippen LogP contribution in [0.15, 0.2) is 108 Å². The molecular formula is C29H28N2O4S. The molecule has 36 heavy (non-hydrogen) atoms. The van der Waals surface area contributed by atoms with Gasteiger partial charge in [-0.2, -0.15) is 0 Å².